The van der Waals surface area contributed by atoms with Crippen LogP contribution in [0, 0.1) is 5.82 Å². The lowest BCUT2D eigenvalue weighted by Gasteiger charge is -2.43. The molecule has 1 N–H and O–H groups in total. The number of carbonyl (C=O) groups excluding carboxylic acids is 2. The Bertz CT molecular complexity index is 744. The number of halogens is 1. The molecule has 0 saturated heterocycles. The van der Waals surface area contributed by atoms with E-state index in [0.29, 0.717) is 6.29 Å². The van der Waals surface area contributed by atoms with Gasteiger partial charge >= 0.3 is 0 Å². The van der Waals surface area contributed by atoms with E-state index in [0.717, 1.165) is 11.1 Å². The smallest absolute Gasteiger partial charge is 0.255 e. The predicted molar refractivity (Wildman–Crippen MR) is 82.3 cm³/mol. The van der Waals surface area contributed by atoms with Crippen LogP contribution in [0.1, 0.15) is 21.5 Å². The van der Waals surface area contributed by atoms with Crippen molar-refractivity contribution in [3.63, 3.8) is 0 Å². The van der Waals surface area contributed by atoms with E-state index in [-0.39, 0.29) is 18.5 Å². The van der Waals surface area contributed by atoms with Gasteiger partial charge in [0.15, 0.2) is 0 Å². The van der Waals surface area contributed by atoms with Gasteiger partial charge in [0, 0.05) is 18.5 Å². The maximum absolute atomic E-state index is 13.1. The molecule has 118 valence electrons. The zero-order valence-electron chi connectivity index (χ0n) is 12.4. The number of nitrogens with zero attached hydrogens (tertiary/aromatic N) is 1. The molecule has 1 aliphatic rings. The number of carbonyl (C=O) groups is 2. The molecule has 5 heteroatoms. The molecule has 0 saturated carbocycles. The summed E-state index contributed by atoms with van der Waals surface area (Å²) in [4.78, 5) is 25.9. The largest absolute Gasteiger partial charge is 0.393 e. The summed E-state index contributed by atoms with van der Waals surface area (Å²) in [6.07, 6.45) is 0.889. The first-order valence-corrected chi connectivity index (χ1v) is 7.31. The third-order valence-corrected chi connectivity index (χ3v) is 4.31. The van der Waals surface area contributed by atoms with Gasteiger partial charge in [0.1, 0.15) is 17.6 Å². The van der Waals surface area contributed by atoms with Crippen LogP contribution in [0.3, 0.4) is 0 Å². The third kappa shape index (κ3) is 2.64. The van der Waals surface area contributed by atoms with E-state index in [4.69, 9.17) is 0 Å². The Kier molecular flexibility index (Phi) is 3.96. The van der Waals surface area contributed by atoms with Crippen molar-refractivity contribution in [2.45, 2.75) is 18.5 Å². The fraction of sp³-hybridized carbons (Fsp3) is 0.222. The summed E-state index contributed by atoms with van der Waals surface area (Å²) in [5.74, 6) is -0.838. The molecular formula is C18H16FNO3. The Morgan fingerprint density at radius 3 is 2.43 bits per heavy atom. The lowest BCUT2D eigenvalue weighted by molar-refractivity contribution is -0.120. The van der Waals surface area contributed by atoms with Gasteiger partial charge in [-0.05, 0) is 35.4 Å². The van der Waals surface area contributed by atoms with Crippen molar-refractivity contribution in [1.29, 1.82) is 0 Å². The molecule has 0 bridgehead atoms. The lowest BCUT2D eigenvalue weighted by atomic mass is 9.83. The molecule has 23 heavy (non-hydrogen) atoms. The molecule has 4 nitrogen and oxygen atoms in total. The van der Waals surface area contributed by atoms with E-state index in [1.165, 1.54) is 29.2 Å². The molecule has 3 rings (SSSR count). The van der Waals surface area contributed by atoms with Gasteiger partial charge in [-0.3, -0.25) is 4.79 Å². The molecular weight excluding hydrogens is 297 g/mol. The van der Waals surface area contributed by atoms with Gasteiger partial charge in [-0.25, -0.2) is 4.39 Å². The fourth-order valence-corrected chi connectivity index (χ4v) is 2.94. The van der Waals surface area contributed by atoms with E-state index in [1.807, 2.05) is 24.3 Å². The Morgan fingerprint density at radius 1 is 1.17 bits per heavy atom. The highest BCUT2D eigenvalue weighted by atomic mass is 19.1. The highest BCUT2D eigenvalue weighted by Crippen LogP contribution is 2.31. The number of fused-ring (bicyclic) bond motifs is 1. The van der Waals surface area contributed by atoms with Crippen molar-refractivity contribution < 1.29 is 19.1 Å². The molecule has 1 atom stereocenters. The zero-order valence-corrected chi connectivity index (χ0v) is 12.4. The van der Waals surface area contributed by atoms with Gasteiger partial charge in [-0.1, -0.05) is 24.3 Å². The fourth-order valence-electron chi connectivity index (χ4n) is 2.94. The first kappa shape index (κ1) is 15.4. The molecule has 0 fully saturated rings. The van der Waals surface area contributed by atoms with Crippen LogP contribution in [0.25, 0.3) is 0 Å². The van der Waals surface area contributed by atoms with Crippen molar-refractivity contribution in [2.24, 2.45) is 0 Å². The number of aliphatic hydroxyl groups excluding tert-OH is 1. The van der Waals surface area contributed by atoms with Crippen molar-refractivity contribution in [2.75, 3.05) is 6.61 Å². The number of hydrogen-bond donors (Lipinski definition) is 1. The van der Waals surface area contributed by atoms with E-state index in [1.54, 1.807) is 0 Å². The summed E-state index contributed by atoms with van der Waals surface area (Å²) >= 11 is 0. The van der Waals surface area contributed by atoms with Gasteiger partial charge in [0.25, 0.3) is 5.91 Å². The Hall–Kier alpha value is -2.53. The first-order valence-electron chi connectivity index (χ1n) is 7.31. The quantitative estimate of drug-likeness (QED) is 0.881. The van der Waals surface area contributed by atoms with Crippen LogP contribution in [0.15, 0.2) is 48.5 Å². The first-order chi connectivity index (χ1) is 11.1. The normalized spacial score (nSPS) is 20.0. The van der Waals surface area contributed by atoms with Crippen molar-refractivity contribution in [1.82, 2.24) is 4.90 Å². The highest BCUT2D eigenvalue weighted by molar-refractivity contribution is 5.96. The van der Waals surface area contributed by atoms with E-state index in [2.05, 4.69) is 0 Å². The number of aliphatic hydroxyl groups is 1. The average molecular weight is 313 g/mol. The van der Waals surface area contributed by atoms with Crippen LogP contribution < -0.4 is 0 Å². The van der Waals surface area contributed by atoms with Crippen molar-refractivity contribution >= 4 is 12.2 Å². The molecule has 0 radical (unpaired) electrons. The number of hydrogen-bond acceptors (Lipinski definition) is 3. The Labute approximate surface area is 133 Å². The van der Waals surface area contributed by atoms with E-state index >= 15 is 0 Å². The minimum absolute atomic E-state index is 0.228. The second-order valence-corrected chi connectivity index (χ2v) is 5.72. The maximum atomic E-state index is 13.1. The van der Waals surface area contributed by atoms with Crippen LogP contribution in [0.5, 0.6) is 0 Å². The molecule has 1 aliphatic heterocycles. The molecule has 0 aliphatic carbocycles. The van der Waals surface area contributed by atoms with Crippen molar-refractivity contribution in [3.05, 3.63) is 71.0 Å². The van der Waals surface area contributed by atoms with Gasteiger partial charge in [0.2, 0.25) is 0 Å². The number of rotatable bonds is 3. The summed E-state index contributed by atoms with van der Waals surface area (Å²) in [6, 6.07) is 12.7. The van der Waals surface area contributed by atoms with Gasteiger partial charge in [-0.15, -0.1) is 0 Å². The number of benzene rings is 2. The standard InChI is InChI=1S/C18H16FNO3/c19-16-7-5-13(6-8-16)17(23)20-10-15-4-2-1-3-14(15)9-18(20,11-21)12-22/h1-8,11,22H,9-10,12H2. The van der Waals surface area contributed by atoms with Crippen LogP contribution in [-0.4, -0.2) is 34.3 Å². The second-order valence-electron chi connectivity index (χ2n) is 5.72. The summed E-state index contributed by atoms with van der Waals surface area (Å²) in [5, 5.41) is 9.79. The van der Waals surface area contributed by atoms with Crippen LogP contribution >= 0.6 is 0 Å². The highest BCUT2D eigenvalue weighted by Gasteiger charge is 2.43. The van der Waals surface area contributed by atoms with Crippen LogP contribution in [0.4, 0.5) is 4.39 Å². The molecule has 0 aromatic heterocycles. The Morgan fingerprint density at radius 2 is 1.83 bits per heavy atom. The molecule has 1 heterocycles. The number of amides is 1. The Balaban J connectivity index is 2.03. The van der Waals surface area contributed by atoms with Crippen LogP contribution in [0.2, 0.25) is 0 Å². The lowest BCUT2D eigenvalue weighted by Crippen LogP contribution is -2.59. The zero-order chi connectivity index (χ0) is 16.4. The third-order valence-electron chi connectivity index (χ3n) is 4.31. The summed E-state index contributed by atoms with van der Waals surface area (Å²) in [5.41, 5.74) is 0.871. The monoisotopic (exact) mass is 313 g/mol. The maximum Gasteiger partial charge on any atom is 0.255 e. The van der Waals surface area contributed by atoms with Crippen LogP contribution in [-0.2, 0) is 17.8 Å². The molecule has 2 aromatic carbocycles. The van der Waals surface area contributed by atoms with Crippen molar-refractivity contribution in [3.8, 4) is 0 Å². The molecule has 0 spiro atoms. The van der Waals surface area contributed by atoms with Gasteiger partial charge < -0.3 is 14.8 Å². The average Bonchev–Trinajstić information content (AvgIpc) is 2.60. The molecule has 1 amide bonds. The minimum Gasteiger partial charge on any atom is -0.393 e. The molecule has 1 unspecified atom stereocenters. The second kappa shape index (κ2) is 5.93. The minimum atomic E-state index is -1.29. The number of aldehydes is 1. The topological polar surface area (TPSA) is 57.6 Å². The van der Waals surface area contributed by atoms with E-state index < -0.39 is 23.9 Å². The molecule has 2 aromatic rings. The summed E-state index contributed by atoms with van der Waals surface area (Å²) in [7, 11) is 0. The van der Waals surface area contributed by atoms with Gasteiger partial charge in [-0.2, -0.15) is 0 Å². The summed E-state index contributed by atoms with van der Waals surface area (Å²) < 4.78 is 13.1. The van der Waals surface area contributed by atoms with Gasteiger partial charge in [0.05, 0.1) is 6.61 Å². The summed E-state index contributed by atoms with van der Waals surface area (Å²) in [6.45, 7) is -0.233. The van der Waals surface area contributed by atoms with E-state index in [9.17, 15) is 19.1 Å². The SMILES string of the molecule is O=CC1(CO)Cc2ccccc2CN1C(=O)c1ccc(F)cc1. The predicted octanol–water partition coefficient (Wildman–Crippen LogP) is 1.95.